The standard InChI is InChI=1S/C16H21FN2O4S/c1-12-4-5-14(13(17)10-12)24(21,22)15(11-18(2)3)16(20)19-6-8-23-9-7-19/h4-5,10-11H,6-9H2,1-3H3/b15-11-. The van der Waals surface area contributed by atoms with Gasteiger partial charge in [0.25, 0.3) is 5.91 Å². The van der Waals surface area contributed by atoms with Crippen LogP contribution in [-0.2, 0) is 19.4 Å². The van der Waals surface area contributed by atoms with E-state index in [0.29, 0.717) is 31.9 Å². The smallest absolute Gasteiger partial charge is 0.267 e. The van der Waals surface area contributed by atoms with Gasteiger partial charge in [-0.05, 0) is 24.6 Å². The summed E-state index contributed by atoms with van der Waals surface area (Å²) in [5.74, 6) is -1.51. The zero-order chi connectivity index (χ0) is 17.9. The first kappa shape index (κ1) is 18.4. The second-order valence-corrected chi connectivity index (χ2v) is 7.69. The number of hydrogen-bond acceptors (Lipinski definition) is 5. The number of morpholine rings is 1. The lowest BCUT2D eigenvalue weighted by molar-refractivity contribution is -0.130. The number of halogens is 1. The van der Waals surface area contributed by atoms with Crippen molar-refractivity contribution < 1.29 is 22.3 Å². The molecule has 1 fully saturated rings. The molecule has 8 heteroatoms. The molecule has 1 amide bonds. The molecule has 1 heterocycles. The number of nitrogens with zero attached hydrogens (tertiary/aromatic N) is 2. The maximum atomic E-state index is 14.2. The van der Waals surface area contributed by atoms with Crippen LogP contribution in [0.2, 0.25) is 0 Å². The molecule has 1 aromatic rings. The molecule has 132 valence electrons. The number of amides is 1. The predicted molar refractivity (Wildman–Crippen MR) is 87.5 cm³/mol. The minimum Gasteiger partial charge on any atom is -0.382 e. The fraction of sp³-hybridized carbons (Fsp3) is 0.438. The fourth-order valence-corrected chi connectivity index (χ4v) is 3.85. The monoisotopic (exact) mass is 356 g/mol. The van der Waals surface area contributed by atoms with E-state index in [1.54, 1.807) is 21.0 Å². The van der Waals surface area contributed by atoms with Crippen molar-refractivity contribution in [1.82, 2.24) is 9.80 Å². The first-order valence-corrected chi connectivity index (χ1v) is 8.98. The van der Waals surface area contributed by atoms with E-state index in [2.05, 4.69) is 0 Å². The second-order valence-electron chi connectivity index (χ2n) is 5.80. The lowest BCUT2D eigenvalue weighted by atomic mass is 10.2. The molecule has 0 saturated carbocycles. The van der Waals surface area contributed by atoms with Gasteiger partial charge in [-0.1, -0.05) is 6.07 Å². The highest BCUT2D eigenvalue weighted by atomic mass is 32.2. The highest BCUT2D eigenvalue weighted by Crippen LogP contribution is 2.25. The summed E-state index contributed by atoms with van der Waals surface area (Å²) >= 11 is 0. The van der Waals surface area contributed by atoms with Crippen LogP contribution in [0.4, 0.5) is 4.39 Å². The first-order valence-electron chi connectivity index (χ1n) is 7.50. The third kappa shape index (κ3) is 3.93. The molecular formula is C16H21FN2O4S. The largest absolute Gasteiger partial charge is 0.382 e. The molecule has 0 unspecified atom stereocenters. The molecule has 1 aliphatic rings. The van der Waals surface area contributed by atoms with Crippen molar-refractivity contribution in [2.75, 3.05) is 40.4 Å². The normalized spacial score (nSPS) is 16.2. The summed E-state index contributed by atoms with van der Waals surface area (Å²) < 4.78 is 45.1. The van der Waals surface area contributed by atoms with E-state index in [0.717, 1.165) is 6.07 Å². The molecule has 6 nitrogen and oxygen atoms in total. The fourth-order valence-electron chi connectivity index (χ4n) is 2.34. The Morgan fingerprint density at radius 3 is 2.46 bits per heavy atom. The summed E-state index contributed by atoms with van der Waals surface area (Å²) in [7, 11) is -1.07. The van der Waals surface area contributed by atoms with Gasteiger partial charge in [0.2, 0.25) is 9.84 Å². The Kier molecular flexibility index (Phi) is 5.61. The van der Waals surface area contributed by atoms with Crippen molar-refractivity contribution in [3.8, 4) is 0 Å². The van der Waals surface area contributed by atoms with Crippen molar-refractivity contribution in [2.45, 2.75) is 11.8 Å². The molecule has 2 rings (SSSR count). The van der Waals surface area contributed by atoms with Crippen LogP contribution in [0.5, 0.6) is 0 Å². The van der Waals surface area contributed by atoms with E-state index in [9.17, 15) is 17.6 Å². The minimum absolute atomic E-state index is 0.301. The number of sulfone groups is 1. The second kappa shape index (κ2) is 7.31. The lowest BCUT2D eigenvalue weighted by Gasteiger charge is -2.28. The number of benzene rings is 1. The summed E-state index contributed by atoms with van der Waals surface area (Å²) in [5, 5.41) is 0. The molecule has 0 radical (unpaired) electrons. The van der Waals surface area contributed by atoms with Crippen molar-refractivity contribution in [2.24, 2.45) is 0 Å². The average Bonchev–Trinajstić information content (AvgIpc) is 2.52. The third-order valence-corrected chi connectivity index (χ3v) is 5.32. The molecule has 24 heavy (non-hydrogen) atoms. The van der Waals surface area contributed by atoms with Crippen molar-refractivity contribution in [3.63, 3.8) is 0 Å². The number of rotatable bonds is 4. The van der Waals surface area contributed by atoms with E-state index in [-0.39, 0.29) is 0 Å². The molecule has 0 bridgehead atoms. The zero-order valence-corrected chi connectivity index (χ0v) is 14.8. The van der Waals surface area contributed by atoms with Gasteiger partial charge in [0.15, 0.2) is 4.91 Å². The van der Waals surface area contributed by atoms with Crippen LogP contribution in [0, 0.1) is 12.7 Å². The summed E-state index contributed by atoms with van der Waals surface area (Å²) in [6.07, 6.45) is 1.21. The Hall–Kier alpha value is -1.93. The van der Waals surface area contributed by atoms with Crippen LogP contribution in [-0.4, -0.2) is 64.5 Å². The van der Waals surface area contributed by atoms with Crippen LogP contribution in [0.3, 0.4) is 0 Å². The average molecular weight is 356 g/mol. The predicted octanol–water partition coefficient (Wildman–Crippen LogP) is 1.17. The molecule has 0 atom stereocenters. The van der Waals surface area contributed by atoms with E-state index in [1.165, 1.54) is 28.1 Å². The minimum atomic E-state index is -4.28. The molecule has 1 aromatic carbocycles. The number of ether oxygens (including phenoxy) is 1. The van der Waals surface area contributed by atoms with Gasteiger partial charge in [-0.25, -0.2) is 12.8 Å². The van der Waals surface area contributed by atoms with Crippen LogP contribution in [0.1, 0.15) is 5.56 Å². The van der Waals surface area contributed by atoms with Gasteiger partial charge >= 0.3 is 0 Å². The van der Waals surface area contributed by atoms with Gasteiger partial charge in [-0.15, -0.1) is 0 Å². The quantitative estimate of drug-likeness (QED) is 0.758. The van der Waals surface area contributed by atoms with Crippen molar-refractivity contribution in [3.05, 3.63) is 40.7 Å². The highest BCUT2D eigenvalue weighted by molar-refractivity contribution is 7.96. The number of carbonyl (C=O) groups is 1. The number of aryl methyl sites for hydroxylation is 1. The van der Waals surface area contributed by atoms with Gasteiger partial charge in [0.05, 0.1) is 13.2 Å². The van der Waals surface area contributed by atoms with E-state index >= 15 is 0 Å². The first-order chi connectivity index (χ1) is 11.2. The van der Waals surface area contributed by atoms with Crippen molar-refractivity contribution in [1.29, 1.82) is 0 Å². The molecule has 1 aliphatic heterocycles. The Labute approximate surface area is 141 Å². The SMILES string of the molecule is Cc1ccc(S(=O)(=O)/C(=C\N(C)C)C(=O)N2CCOCC2)c(F)c1. The molecule has 0 spiro atoms. The van der Waals surface area contributed by atoms with Gasteiger partial charge in [0.1, 0.15) is 10.7 Å². The number of hydrogen-bond donors (Lipinski definition) is 0. The molecule has 0 aliphatic carbocycles. The Morgan fingerprint density at radius 1 is 1.29 bits per heavy atom. The third-order valence-electron chi connectivity index (χ3n) is 3.55. The Bertz CT molecular complexity index is 753. The van der Waals surface area contributed by atoms with Crippen molar-refractivity contribution >= 4 is 15.7 Å². The molecule has 0 aromatic heterocycles. The Balaban J connectivity index is 2.48. The van der Waals surface area contributed by atoms with E-state index in [4.69, 9.17) is 4.74 Å². The Morgan fingerprint density at radius 2 is 1.92 bits per heavy atom. The van der Waals surface area contributed by atoms with Gasteiger partial charge < -0.3 is 14.5 Å². The molecular weight excluding hydrogens is 335 g/mol. The maximum absolute atomic E-state index is 14.2. The summed E-state index contributed by atoms with van der Waals surface area (Å²) in [6.45, 7) is 2.96. The van der Waals surface area contributed by atoms with E-state index < -0.39 is 31.4 Å². The van der Waals surface area contributed by atoms with Crippen LogP contribution >= 0.6 is 0 Å². The van der Waals surface area contributed by atoms with Crippen LogP contribution in [0.25, 0.3) is 0 Å². The van der Waals surface area contributed by atoms with Crippen LogP contribution in [0.15, 0.2) is 34.2 Å². The topological polar surface area (TPSA) is 66.9 Å². The van der Waals surface area contributed by atoms with Gasteiger partial charge in [-0.2, -0.15) is 0 Å². The summed E-state index contributed by atoms with van der Waals surface area (Å²) in [6, 6.07) is 3.83. The van der Waals surface area contributed by atoms with E-state index in [1.807, 2.05) is 0 Å². The highest BCUT2D eigenvalue weighted by Gasteiger charge is 2.33. The maximum Gasteiger partial charge on any atom is 0.267 e. The van der Waals surface area contributed by atoms with Gasteiger partial charge in [0, 0.05) is 33.4 Å². The van der Waals surface area contributed by atoms with Gasteiger partial charge in [-0.3, -0.25) is 4.79 Å². The summed E-state index contributed by atoms with van der Waals surface area (Å²) in [5.41, 5.74) is 0.601. The molecule has 0 N–H and O–H groups in total. The van der Waals surface area contributed by atoms with Crippen LogP contribution < -0.4 is 0 Å². The molecule has 1 saturated heterocycles. The lowest BCUT2D eigenvalue weighted by Crippen LogP contribution is -2.42. The summed E-state index contributed by atoms with van der Waals surface area (Å²) in [4.78, 5) is 14.6. The number of carbonyl (C=O) groups excluding carboxylic acids is 1. The zero-order valence-electron chi connectivity index (χ0n) is 14.0.